The maximum absolute atomic E-state index is 14.0. The van der Waals surface area contributed by atoms with E-state index in [4.69, 9.17) is 18.6 Å². The van der Waals surface area contributed by atoms with Crippen molar-refractivity contribution in [3.8, 4) is 0 Å². The summed E-state index contributed by atoms with van der Waals surface area (Å²) in [6.07, 6.45) is -1.76. The largest absolute Gasteiger partial charge is 0.449 e. The molecular weight excluding hydrogens is 708 g/mol. The summed E-state index contributed by atoms with van der Waals surface area (Å²) in [5.74, 6) is -0.0607. The van der Waals surface area contributed by atoms with E-state index in [0.717, 1.165) is 17.5 Å². The molecule has 5 atom stereocenters. The number of ether oxygens (including phenoxy) is 3. The Balaban J connectivity index is 1.37. The first-order valence-electron chi connectivity index (χ1n) is 14.3. The summed E-state index contributed by atoms with van der Waals surface area (Å²) in [6, 6.07) is 13.3. The maximum Gasteiger partial charge on any atom is 0.407 e. The smallest absolute Gasteiger partial charge is 0.407 e. The highest BCUT2D eigenvalue weighted by atomic mass is 79.9. The van der Waals surface area contributed by atoms with E-state index in [1.165, 1.54) is 10.4 Å². The second-order valence-electron chi connectivity index (χ2n) is 11.3. The lowest BCUT2D eigenvalue weighted by atomic mass is 10.0. The number of carbonyl (C=O) groups is 1. The van der Waals surface area contributed by atoms with Crippen LogP contribution < -0.4 is 5.32 Å². The third kappa shape index (κ3) is 7.46. The summed E-state index contributed by atoms with van der Waals surface area (Å²) in [4.78, 5) is 13.2. The summed E-state index contributed by atoms with van der Waals surface area (Å²) in [5.41, 5.74) is 2.23. The Morgan fingerprint density at radius 2 is 1.93 bits per heavy atom. The van der Waals surface area contributed by atoms with Crippen LogP contribution in [0, 0.1) is 11.8 Å². The molecule has 2 N–H and O–H groups in total. The molecule has 0 radical (unpaired) electrons. The van der Waals surface area contributed by atoms with Gasteiger partial charge in [0.05, 0.1) is 36.2 Å². The van der Waals surface area contributed by atoms with E-state index in [-0.39, 0.29) is 49.1 Å². The number of aliphatic hydroxyl groups is 1. The molecule has 10 nitrogen and oxygen atoms in total. The van der Waals surface area contributed by atoms with Gasteiger partial charge in [0.2, 0.25) is 10.0 Å². The highest BCUT2D eigenvalue weighted by Gasteiger charge is 2.44. The second kappa shape index (κ2) is 14.0. The molecule has 3 aromatic rings. The van der Waals surface area contributed by atoms with E-state index in [1.807, 2.05) is 44.2 Å². The molecular formula is C30H36Br2N2O8S. The van der Waals surface area contributed by atoms with Crippen molar-refractivity contribution >= 4 is 58.9 Å². The van der Waals surface area contributed by atoms with Gasteiger partial charge in [0.25, 0.3) is 0 Å². The van der Waals surface area contributed by atoms with Crippen molar-refractivity contribution in [1.29, 1.82) is 0 Å². The van der Waals surface area contributed by atoms with Crippen molar-refractivity contribution in [2.24, 2.45) is 11.8 Å². The fraction of sp³-hybridized carbons (Fsp3) is 0.500. The van der Waals surface area contributed by atoms with Crippen molar-refractivity contribution in [2.75, 3.05) is 26.3 Å². The third-order valence-electron chi connectivity index (χ3n) is 7.75. The van der Waals surface area contributed by atoms with Gasteiger partial charge in [-0.1, -0.05) is 60.1 Å². The Bertz CT molecular complexity index is 1520. The van der Waals surface area contributed by atoms with Crippen molar-refractivity contribution in [3.05, 3.63) is 64.3 Å². The molecule has 1 amide bonds. The number of nitrogens with one attached hydrogen (secondary N) is 1. The van der Waals surface area contributed by atoms with E-state index >= 15 is 0 Å². The lowest BCUT2D eigenvalue weighted by Gasteiger charge is -2.31. The number of carbonyl (C=O) groups excluding carboxylic acids is 1. The zero-order valence-corrected chi connectivity index (χ0v) is 27.9. The van der Waals surface area contributed by atoms with E-state index in [9.17, 15) is 18.3 Å². The van der Waals surface area contributed by atoms with Gasteiger partial charge in [-0.3, -0.25) is 0 Å². The van der Waals surface area contributed by atoms with Gasteiger partial charge < -0.3 is 29.1 Å². The van der Waals surface area contributed by atoms with Crippen molar-refractivity contribution in [1.82, 2.24) is 9.62 Å². The molecule has 0 spiro atoms. The van der Waals surface area contributed by atoms with Crippen LogP contribution in [-0.2, 0) is 36.0 Å². The number of alkyl carbamates (subject to hydrolysis) is 1. The highest BCUT2D eigenvalue weighted by molar-refractivity contribution is 9.10. The molecule has 2 aliphatic rings. The standard InChI is InChI=1S/C30H36Br2N2O8S/c1-18(2)15-34(43(37,38)20-8-9-26-22(13-20)23(14-31)28(32)41-26)16-25(35)24(12-19-6-4-3-5-7-19)33-30(36)42-27-17-40-29-21(27)10-11-39-29/h3-9,13,18,21,24-25,27,29,35H,10-12,14-17H2,1-2H3,(H,33,36)/t21-,24-,25+,27?,29+/m0/s1. The van der Waals surface area contributed by atoms with Crippen LogP contribution in [-0.4, -0.2) is 74.8 Å². The average molecular weight is 744 g/mol. The van der Waals surface area contributed by atoms with Crippen LogP contribution in [0.25, 0.3) is 11.0 Å². The summed E-state index contributed by atoms with van der Waals surface area (Å²) >= 11 is 6.84. The van der Waals surface area contributed by atoms with Crippen LogP contribution in [0.5, 0.6) is 0 Å². The quantitative estimate of drug-likeness (QED) is 0.243. The second-order valence-corrected chi connectivity index (χ2v) is 14.6. The van der Waals surface area contributed by atoms with Gasteiger partial charge >= 0.3 is 6.09 Å². The number of furan rings is 1. The SMILES string of the molecule is CC(C)CN(C[C@@H](O)[C@H](Cc1ccccc1)NC(=O)OC1CO[C@H]2OCC[C@@H]12)S(=O)(=O)c1ccc2oc(Br)c(CBr)c2c1. The van der Waals surface area contributed by atoms with Gasteiger partial charge in [0.1, 0.15) is 11.7 Å². The van der Waals surface area contributed by atoms with Crippen LogP contribution in [0.3, 0.4) is 0 Å². The summed E-state index contributed by atoms with van der Waals surface area (Å²) in [7, 11) is -4.04. The van der Waals surface area contributed by atoms with Crippen LogP contribution in [0.1, 0.15) is 31.4 Å². The Morgan fingerprint density at radius 1 is 1.16 bits per heavy atom. The lowest BCUT2D eigenvalue weighted by Crippen LogP contribution is -2.51. The molecule has 3 heterocycles. The number of hydrogen-bond acceptors (Lipinski definition) is 8. The fourth-order valence-electron chi connectivity index (χ4n) is 5.57. The average Bonchev–Trinajstić information content (AvgIpc) is 3.67. The highest BCUT2D eigenvalue weighted by Crippen LogP contribution is 2.35. The molecule has 2 saturated heterocycles. The third-order valence-corrected chi connectivity index (χ3v) is 10.8. The Kier molecular flexibility index (Phi) is 10.5. The van der Waals surface area contributed by atoms with Crippen LogP contribution >= 0.6 is 31.9 Å². The number of fused-ring (bicyclic) bond motifs is 2. The van der Waals surface area contributed by atoms with Gasteiger partial charge in [-0.2, -0.15) is 4.31 Å². The molecule has 13 heteroatoms. The summed E-state index contributed by atoms with van der Waals surface area (Å²) in [6.45, 7) is 4.55. The first kappa shape index (κ1) is 32.4. The topological polar surface area (TPSA) is 128 Å². The number of sulfonamides is 1. The number of halogens is 2. The van der Waals surface area contributed by atoms with E-state index < -0.39 is 34.4 Å². The van der Waals surface area contributed by atoms with Gasteiger partial charge in [0.15, 0.2) is 11.0 Å². The molecule has 2 fully saturated rings. The number of aliphatic hydroxyl groups excluding tert-OH is 1. The summed E-state index contributed by atoms with van der Waals surface area (Å²) in [5, 5.41) is 15.5. The van der Waals surface area contributed by atoms with Gasteiger partial charge in [-0.15, -0.1) is 0 Å². The Hall–Kier alpha value is -2.00. The molecule has 1 unspecified atom stereocenters. The lowest BCUT2D eigenvalue weighted by molar-refractivity contribution is -0.0907. The number of rotatable bonds is 12. The van der Waals surface area contributed by atoms with Crippen LogP contribution in [0.2, 0.25) is 0 Å². The number of amides is 1. The Morgan fingerprint density at radius 3 is 2.65 bits per heavy atom. The molecule has 0 bridgehead atoms. The van der Waals surface area contributed by atoms with Crippen LogP contribution in [0.15, 0.2) is 62.5 Å². The number of alkyl halides is 1. The predicted octanol–water partition coefficient (Wildman–Crippen LogP) is 5.20. The first-order chi connectivity index (χ1) is 20.6. The molecule has 43 heavy (non-hydrogen) atoms. The minimum absolute atomic E-state index is 0.0266. The molecule has 1 aromatic heterocycles. The minimum atomic E-state index is -4.04. The van der Waals surface area contributed by atoms with Gasteiger partial charge in [-0.05, 0) is 58.5 Å². The number of nitrogens with zero attached hydrogens (tertiary/aromatic N) is 1. The minimum Gasteiger partial charge on any atom is -0.449 e. The first-order valence-corrected chi connectivity index (χ1v) is 17.6. The normalized spacial score (nSPS) is 21.8. The molecule has 234 valence electrons. The van der Waals surface area contributed by atoms with E-state index in [1.54, 1.807) is 12.1 Å². The number of hydrogen-bond donors (Lipinski definition) is 2. The van der Waals surface area contributed by atoms with Gasteiger partial charge in [-0.25, -0.2) is 13.2 Å². The van der Waals surface area contributed by atoms with E-state index in [2.05, 4.69) is 37.2 Å². The molecule has 0 aliphatic carbocycles. The predicted molar refractivity (Wildman–Crippen MR) is 167 cm³/mol. The molecule has 5 rings (SSSR count). The molecule has 2 aliphatic heterocycles. The molecule has 2 aromatic carbocycles. The number of benzene rings is 2. The van der Waals surface area contributed by atoms with E-state index in [0.29, 0.717) is 27.6 Å². The maximum atomic E-state index is 14.0. The zero-order chi connectivity index (χ0) is 30.7. The zero-order valence-electron chi connectivity index (χ0n) is 23.9. The summed E-state index contributed by atoms with van der Waals surface area (Å²) < 4.78 is 52.4. The van der Waals surface area contributed by atoms with Gasteiger partial charge in [0, 0.05) is 29.4 Å². The molecule has 0 saturated carbocycles. The fourth-order valence-corrected chi connectivity index (χ4v) is 8.68. The van der Waals surface area contributed by atoms with Crippen molar-refractivity contribution in [2.45, 2.75) is 61.5 Å². The van der Waals surface area contributed by atoms with Crippen molar-refractivity contribution in [3.63, 3.8) is 0 Å². The van der Waals surface area contributed by atoms with Crippen molar-refractivity contribution < 1.29 is 36.9 Å². The monoisotopic (exact) mass is 742 g/mol. The van der Waals surface area contributed by atoms with Crippen LogP contribution in [0.4, 0.5) is 4.79 Å². The Labute approximate surface area is 268 Å².